The third-order valence-electron chi connectivity index (χ3n) is 3.34. The molecular weight excluding hydrogens is 258 g/mol. The van der Waals surface area contributed by atoms with E-state index >= 15 is 0 Å². The summed E-state index contributed by atoms with van der Waals surface area (Å²) in [5.41, 5.74) is 2.10. The van der Waals surface area contributed by atoms with Gasteiger partial charge in [-0.25, -0.2) is 19.6 Å². The molecule has 1 heterocycles. The molecule has 0 bridgehead atoms. The van der Waals surface area contributed by atoms with E-state index in [4.69, 9.17) is 5.84 Å². The first-order valence-corrected chi connectivity index (χ1v) is 6.94. The lowest BCUT2D eigenvalue weighted by atomic mass is 9.84. The maximum Gasteiger partial charge on any atom is 0.178 e. The van der Waals surface area contributed by atoms with E-state index in [1.807, 2.05) is 6.26 Å². The second-order valence-corrected chi connectivity index (χ2v) is 5.66. The average molecular weight is 274 g/mol. The number of hydrogen-bond acceptors (Lipinski definition) is 5. The highest BCUT2D eigenvalue weighted by molar-refractivity contribution is 8.00. The lowest BCUT2D eigenvalue weighted by molar-refractivity contribution is 0.379. The van der Waals surface area contributed by atoms with Crippen LogP contribution in [0.25, 0.3) is 0 Å². The average Bonchev–Trinajstić information content (AvgIpc) is 2.30. The van der Waals surface area contributed by atoms with E-state index in [-0.39, 0.29) is 16.4 Å². The molecule has 0 radical (unpaired) electrons. The highest BCUT2D eigenvalue weighted by atomic mass is 32.2. The van der Waals surface area contributed by atoms with Crippen molar-refractivity contribution < 1.29 is 8.78 Å². The Bertz CT molecular complexity index is 432. The van der Waals surface area contributed by atoms with E-state index in [9.17, 15) is 8.78 Å². The fourth-order valence-corrected chi connectivity index (χ4v) is 2.87. The number of nitrogens with one attached hydrogen (secondary N) is 2. The number of rotatable bonds is 5. The minimum atomic E-state index is -0.802. The molecule has 4 nitrogen and oxygen atoms in total. The molecule has 1 aromatic heterocycles. The van der Waals surface area contributed by atoms with Gasteiger partial charge in [-0.15, -0.1) is 0 Å². The Morgan fingerprint density at radius 1 is 1.39 bits per heavy atom. The minimum absolute atomic E-state index is 0.0321. The van der Waals surface area contributed by atoms with Crippen LogP contribution < -0.4 is 16.6 Å². The molecule has 0 unspecified atom stereocenters. The normalized spacial score (nSPS) is 17.1. The quantitative estimate of drug-likeness (QED) is 0.568. The maximum atomic E-state index is 13.5. The molecule has 0 aliphatic heterocycles. The zero-order chi connectivity index (χ0) is 13.2. The van der Waals surface area contributed by atoms with Crippen molar-refractivity contribution in [2.24, 2.45) is 5.84 Å². The van der Waals surface area contributed by atoms with Crippen LogP contribution in [0.1, 0.15) is 19.3 Å². The summed E-state index contributed by atoms with van der Waals surface area (Å²) in [7, 11) is 0. The van der Waals surface area contributed by atoms with Crippen molar-refractivity contribution in [1.29, 1.82) is 0 Å². The van der Waals surface area contributed by atoms with Crippen molar-refractivity contribution in [2.45, 2.75) is 24.0 Å². The van der Waals surface area contributed by atoms with E-state index in [2.05, 4.69) is 15.7 Å². The van der Waals surface area contributed by atoms with Gasteiger partial charge in [-0.1, -0.05) is 6.42 Å². The number of nitrogens with zero attached hydrogens (tertiary/aromatic N) is 1. The summed E-state index contributed by atoms with van der Waals surface area (Å²) in [6.45, 7) is 0.619. The summed E-state index contributed by atoms with van der Waals surface area (Å²) >= 11 is 1.77. The van der Waals surface area contributed by atoms with Gasteiger partial charge in [0.05, 0.1) is 0 Å². The van der Waals surface area contributed by atoms with Gasteiger partial charge in [-0.05, 0) is 19.1 Å². The highest BCUT2D eigenvalue weighted by Crippen LogP contribution is 2.42. The zero-order valence-electron chi connectivity index (χ0n) is 10.1. The van der Waals surface area contributed by atoms with Crippen molar-refractivity contribution in [3.8, 4) is 0 Å². The zero-order valence-corrected chi connectivity index (χ0v) is 10.9. The monoisotopic (exact) mass is 274 g/mol. The van der Waals surface area contributed by atoms with E-state index < -0.39 is 11.6 Å². The number of hydrazine groups is 1. The lowest BCUT2D eigenvalue weighted by Crippen LogP contribution is -2.40. The Kier molecular flexibility index (Phi) is 3.91. The Labute approximate surface area is 109 Å². The van der Waals surface area contributed by atoms with Gasteiger partial charge >= 0.3 is 0 Å². The first-order chi connectivity index (χ1) is 8.60. The SMILES string of the molecule is CSC1(CNc2nc(NN)c(F)cc2F)CCC1. The Hall–Kier alpha value is -1.08. The minimum Gasteiger partial charge on any atom is -0.366 e. The molecule has 0 saturated heterocycles. The summed E-state index contributed by atoms with van der Waals surface area (Å²) in [6.07, 6.45) is 5.44. The van der Waals surface area contributed by atoms with Gasteiger partial charge < -0.3 is 10.7 Å². The number of aromatic nitrogens is 1. The number of hydrogen-bond donors (Lipinski definition) is 3. The van der Waals surface area contributed by atoms with Crippen molar-refractivity contribution in [3.63, 3.8) is 0 Å². The van der Waals surface area contributed by atoms with E-state index in [0.717, 1.165) is 18.9 Å². The lowest BCUT2D eigenvalue weighted by Gasteiger charge is -2.40. The van der Waals surface area contributed by atoms with Crippen molar-refractivity contribution in [3.05, 3.63) is 17.7 Å². The van der Waals surface area contributed by atoms with E-state index in [0.29, 0.717) is 6.54 Å². The van der Waals surface area contributed by atoms with Crippen LogP contribution in [0.15, 0.2) is 6.07 Å². The number of pyridine rings is 1. The largest absolute Gasteiger partial charge is 0.366 e. The molecule has 2 rings (SSSR count). The number of thioether (sulfide) groups is 1. The molecular formula is C11H16F2N4S. The third kappa shape index (κ3) is 2.51. The Morgan fingerprint density at radius 3 is 2.56 bits per heavy atom. The van der Waals surface area contributed by atoms with Crippen LogP contribution in [0.4, 0.5) is 20.4 Å². The third-order valence-corrected chi connectivity index (χ3v) is 4.76. The molecule has 18 heavy (non-hydrogen) atoms. The fourth-order valence-electron chi connectivity index (χ4n) is 1.96. The maximum absolute atomic E-state index is 13.5. The van der Waals surface area contributed by atoms with Gasteiger partial charge in [-0.2, -0.15) is 11.8 Å². The summed E-state index contributed by atoms with van der Waals surface area (Å²) < 4.78 is 26.9. The molecule has 7 heteroatoms. The molecule has 0 spiro atoms. The van der Waals surface area contributed by atoms with Crippen molar-refractivity contribution >= 4 is 23.4 Å². The van der Waals surface area contributed by atoms with Gasteiger partial charge in [0.2, 0.25) is 0 Å². The van der Waals surface area contributed by atoms with Crippen LogP contribution in [0.3, 0.4) is 0 Å². The van der Waals surface area contributed by atoms with Crippen LogP contribution >= 0.6 is 11.8 Å². The van der Waals surface area contributed by atoms with Gasteiger partial charge in [0.25, 0.3) is 0 Å². The van der Waals surface area contributed by atoms with Crippen LogP contribution in [0.2, 0.25) is 0 Å². The number of anilines is 2. The molecule has 1 aliphatic rings. The van der Waals surface area contributed by atoms with Gasteiger partial charge in [0, 0.05) is 17.4 Å². The fraction of sp³-hybridized carbons (Fsp3) is 0.545. The molecule has 1 fully saturated rings. The highest BCUT2D eigenvalue weighted by Gasteiger charge is 2.36. The summed E-state index contributed by atoms with van der Waals surface area (Å²) in [5.74, 6) is 3.47. The second kappa shape index (κ2) is 5.27. The summed E-state index contributed by atoms with van der Waals surface area (Å²) in [5, 5.41) is 2.94. The second-order valence-electron chi connectivity index (χ2n) is 4.39. The van der Waals surface area contributed by atoms with Crippen LogP contribution in [0, 0.1) is 11.6 Å². The molecule has 1 aromatic rings. The van der Waals surface area contributed by atoms with Crippen LogP contribution in [-0.2, 0) is 0 Å². The number of nitrogen functional groups attached to an aromatic ring is 1. The van der Waals surface area contributed by atoms with Crippen LogP contribution in [0.5, 0.6) is 0 Å². The van der Waals surface area contributed by atoms with E-state index in [1.54, 1.807) is 11.8 Å². The smallest absolute Gasteiger partial charge is 0.178 e. The van der Waals surface area contributed by atoms with Crippen molar-refractivity contribution in [1.82, 2.24) is 4.98 Å². The predicted molar refractivity (Wildman–Crippen MR) is 70.5 cm³/mol. The van der Waals surface area contributed by atoms with Crippen LogP contribution in [-0.4, -0.2) is 22.5 Å². The Balaban J connectivity index is 2.09. The molecule has 0 amide bonds. The summed E-state index contributed by atoms with van der Waals surface area (Å²) in [6, 6.07) is 0.775. The van der Waals surface area contributed by atoms with E-state index in [1.165, 1.54) is 6.42 Å². The predicted octanol–water partition coefficient (Wildman–Crippen LogP) is 2.34. The molecule has 1 saturated carbocycles. The van der Waals surface area contributed by atoms with Crippen molar-refractivity contribution in [2.75, 3.05) is 23.5 Å². The molecule has 1 aliphatic carbocycles. The van der Waals surface area contributed by atoms with Gasteiger partial charge in [0.15, 0.2) is 23.3 Å². The molecule has 100 valence electrons. The van der Waals surface area contributed by atoms with Gasteiger partial charge in [-0.3, -0.25) is 0 Å². The number of halogens is 2. The molecule has 0 atom stereocenters. The van der Waals surface area contributed by atoms with Gasteiger partial charge in [0.1, 0.15) is 0 Å². The molecule has 4 N–H and O–H groups in total. The molecule has 0 aromatic carbocycles. The first-order valence-electron chi connectivity index (χ1n) is 5.72. The first kappa shape index (κ1) is 13.4. The summed E-state index contributed by atoms with van der Waals surface area (Å²) in [4.78, 5) is 3.78. The number of nitrogens with two attached hydrogens (primary N) is 1. The standard InChI is InChI=1S/C11H16F2N4S/c1-18-11(3-2-4-11)6-15-9-7(12)5-8(13)10(16-9)17-14/h5H,2-4,6,14H2,1H3,(H2,15,16,17). The Morgan fingerprint density at radius 2 is 2.06 bits per heavy atom. The topological polar surface area (TPSA) is 63.0 Å².